The van der Waals surface area contributed by atoms with Crippen molar-refractivity contribution in [2.75, 3.05) is 5.32 Å². The fourth-order valence-corrected chi connectivity index (χ4v) is 1.98. The van der Waals surface area contributed by atoms with Gasteiger partial charge in [-0.05, 0) is 18.2 Å². The molecule has 0 saturated heterocycles. The molecule has 0 aliphatic heterocycles. The lowest BCUT2D eigenvalue weighted by molar-refractivity contribution is -0.274. The number of para-hydroxylation sites is 3. The summed E-state index contributed by atoms with van der Waals surface area (Å²) in [5.74, 6) is -0.783. The maximum atomic E-state index is 12.4. The molecule has 3 N–H and O–H groups in total. The number of ether oxygens (including phenoxy) is 2. The number of nitrogens with two attached hydrogens (primary N) is 1. The van der Waals surface area contributed by atoms with Crippen LogP contribution in [0.2, 0.25) is 0 Å². The molecule has 0 atom stereocenters. The van der Waals surface area contributed by atoms with Gasteiger partial charge in [0, 0.05) is 5.56 Å². The largest absolute Gasteiger partial charge is 0.573 e. The molecule has 0 amide bonds. The van der Waals surface area contributed by atoms with Gasteiger partial charge < -0.3 is 20.5 Å². The van der Waals surface area contributed by atoms with Gasteiger partial charge >= 0.3 is 13.0 Å². The van der Waals surface area contributed by atoms with E-state index in [4.69, 9.17) is 5.73 Å². The standard InChI is InChI=1S/C16H14F5N3O2/c17-14(18)25-12-7-3-1-5-10(12)9-23-15(22)24-11-6-2-4-8-13(11)26-16(19,20)21/h1-8,14H,9H2,(H3,22,23,24). The number of anilines is 1. The zero-order valence-electron chi connectivity index (χ0n) is 13.1. The Balaban J connectivity index is 2.11. The number of nitrogens with one attached hydrogen (secondary N) is 1. The molecule has 0 spiro atoms. The summed E-state index contributed by atoms with van der Waals surface area (Å²) in [5, 5.41) is 2.48. The van der Waals surface area contributed by atoms with Crippen molar-refractivity contribution in [1.82, 2.24) is 0 Å². The van der Waals surface area contributed by atoms with E-state index in [0.29, 0.717) is 5.56 Å². The molecular weight excluding hydrogens is 361 g/mol. The van der Waals surface area contributed by atoms with E-state index < -0.39 is 18.7 Å². The highest BCUT2D eigenvalue weighted by atomic mass is 19.4. The first-order valence-corrected chi connectivity index (χ1v) is 7.19. The quantitative estimate of drug-likeness (QED) is 0.453. The van der Waals surface area contributed by atoms with Crippen molar-refractivity contribution in [3.05, 3.63) is 54.1 Å². The third-order valence-corrected chi connectivity index (χ3v) is 2.98. The van der Waals surface area contributed by atoms with Crippen LogP contribution in [0, 0.1) is 0 Å². The van der Waals surface area contributed by atoms with Gasteiger partial charge in [-0.25, -0.2) is 4.99 Å². The predicted octanol–water partition coefficient (Wildman–Crippen LogP) is 4.11. The molecule has 26 heavy (non-hydrogen) atoms. The van der Waals surface area contributed by atoms with Crippen LogP contribution in [-0.4, -0.2) is 18.9 Å². The van der Waals surface area contributed by atoms with E-state index in [-0.39, 0.29) is 23.9 Å². The molecule has 0 saturated carbocycles. The normalized spacial score (nSPS) is 12.2. The van der Waals surface area contributed by atoms with Crippen molar-refractivity contribution in [2.45, 2.75) is 19.5 Å². The van der Waals surface area contributed by atoms with Crippen LogP contribution in [0.5, 0.6) is 11.5 Å². The summed E-state index contributed by atoms with van der Waals surface area (Å²) < 4.78 is 70.1. The van der Waals surface area contributed by atoms with E-state index in [1.54, 1.807) is 6.07 Å². The number of rotatable bonds is 6. The zero-order valence-corrected chi connectivity index (χ0v) is 13.1. The number of nitrogens with zero attached hydrogens (tertiary/aromatic N) is 1. The number of benzene rings is 2. The molecule has 0 aliphatic carbocycles. The minimum Gasteiger partial charge on any atom is -0.434 e. The van der Waals surface area contributed by atoms with Crippen molar-refractivity contribution in [3.63, 3.8) is 0 Å². The second kappa shape index (κ2) is 8.37. The molecule has 2 rings (SSSR count). The molecule has 10 heteroatoms. The third-order valence-electron chi connectivity index (χ3n) is 2.98. The van der Waals surface area contributed by atoms with Gasteiger partial charge in [-0.3, -0.25) is 0 Å². The van der Waals surface area contributed by atoms with Gasteiger partial charge in [-0.1, -0.05) is 30.3 Å². The fourth-order valence-electron chi connectivity index (χ4n) is 1.98. The Bertz CT molecular complexity index is 766. The highest BCUT2D eigenvalue weighted by Gasteiger charge is 2.32. The van der Waals surface area contributed by atoms with Crippen molar-refractivity contribution >= 4 is 11.6 Å². The highest BCUT2D eigenvalue weighted by molar-refractivity contribution is 5.93. The number of hydrogen-bond donors (Lipinski definition) is 2. The van der Waals surface area contributed by atoms with Gasteiger partial charge in [0.25, 0.3) is 0 Å². The average Bonchev–Trinajstić information content (AvgIpc) is 2.54. The Kier molecular flexibility index (Phi) is 6.21. The molecule has 0 radical (unpaired) electrons. The van der Waals surface area contributed by atoms with Gasteiger partial charge in [0.15, 0.2) is 11.7 Å². The lowest BCUT2D eigenvalue weighted by atomic mass is 10.2. The zero-order chi connectivity index (χ0) is 19.2. The lowest BCUT2D eigenvalue weighted by Crippen LogP contribution is -2.24. The maximum absolute atomic E-state index is 12.4. The summed E-state index contributed by atoms with van der Waals surface area (Å²) in [7, 11) is 0. The van der Waals surface area contributed by atoms with Gasteiger partial charge in [0.05, 0.1) is 12.2 Å². The number of aliphatic imine (C=N–C) groups is 1. The summed E-state index contributed by atoms with van der Waals surface area (Å²) in [6.45, 7) is -3.12. The van der Waals surface area contributed by atoms with E-state index in [9.17, 15) is 22.0 Å². The Morgan fingerprint density at radius 1 is 1.04 bits per heavy atom. The second-order valence-electron chi connectivity index (χ2n) is 4.86. The smallest absolute Gasteiger partial charge is 0.434 e. The topological polar surface area (TPSA) is 68.9 Å². The number of alkyl halides is 5. The Hall–Kier alpha value is -3.04. The summed E-state index contributed by atoms with van der Waals surface area (Å²) in [4.78, 5) is 3.92. The van der Waals surface area contributed by atoms with Crippen LogP contribution in [0.1, 0.15) is 5.56 Å². The van der Waals surface area contributed by atoms with Gasteiger partial charge in [-0.15, -0.1) is 13.2 Å². The Morgan fingerprint density at radius 2 is 1.65 bits per heavy atom. The van der Waals surface area contributed by atoms with Crippen LogP contribution >= 0.6 is 0 Å². The SMILES string of the molecule is NC(=NCc1ccccc1OC(F)F)Nc1ccccc1OC(F)(F)F. The molecule has 0 bridgehead atoms. The van der Waals surface area contributed by atoms with Gasteiger partial charge in [0.1, 0.15) is 5.75 Å². The lowest BCUT2D eigenvalue weighted by Gasteiger charge is -2.14. The molecule has 5 nitrogen and oxygen atoms in total. The van der Waals surface area contributed by atoms with Crippen LogP contribution in [0.15, 0.2) is 53.5 Å². The van der Waals surface area contributed by atoms with E-state index in [1.807, 2.05) is 0 Å². The van der Waals surface area contributed by atoms with Crippen molar-refractivity contribution < 1.29 is 31.4 Å². The molecule has 0 aliphatic rings. The number of halogens is 5. The van der Waals surface area contributed by atoms with Gasteiger partial charge in [0.2, 0.25) is 0 Å². The first-order chi connectivity index (χ1) is 12.2. The molecule has 0 aromatic heterocycles. The molecule has 2 aromatic carbocycles. The molecule has 140 valence electrons. The molecule has 0 unspecified atom stereocenters. The molecule has 2 aromatic rings. The Labute approximate surface area is 145 Å². The van der Waals surface area contributed by atoms with Crippen molar-refractivity contribution in [3.8, 4) is 11.5 Å². The van der Waals surface area contributed by atoms with Crippen LogP contribution < -0.4 is 20.5 Å². The first-order valence-electron chi connectivity index (χ1n) is 7.19. The maximum Gasteiger partial charge on any atom is 0.573 e. The Morgan fingerprint density at radius 3 is 2.31 bits per heavy atom. The van der Waals surface area contributed by atoms with Crippen molar-refractivity contribution in [1.29, 1.82) is 0 Å². The minimum absolute atomic E-state index is 0.0526. The number of guanidine groups is 1. The van der Waals surface area contributed by atoms with Crippen molar-refractivity contribution in [2.24, 2.45) is 10.7 Å². The molecular formula is C16H14F5N3O2. The van der Waals surface area contributed by atoms with E-state index in [0.717, 1.165) is 6.07 Å². The van der Waals surface area contributed by atoms with Crippen LogP contribution in [0.3, 0.4) is 0 Å². The summed E-state index contributed by atoms with van der Waals surface area (Å²) in [6, 6.07) is 11.2. The average molecular weight is 375 g/mol. The predicted molar refractivity (Wildman–Crippen MR) is 85.1 cm³/mol. The number of hydrogen-bond acceptors (Lipinski definition) is 3. The van der Waals surface area contributed by atoms with Crippen LogP contribution in [0.25, 0.3) is 0 Å². The summed E-state index contributed by atoms with van der Waals surface area (Å²) in [5.41, 5.74) is 5.93. The second-order valence-corrected chi connectivity index (χ2v) is 4.86. The molecule has 0 fully saturated rings. The fraction of sp³-hybridized carbons (Fsp3) is 0.188. The minimum atomic E-state index is -4.87. The van der Waals surface area contributed by atoms with E-state index in [2.05, 4.69) is 19.8 Å². The van der Waals surface area contributed by atoms with Crippen LogP contribution in [0.4, 0.5) is 27.6 Å². The van der Waals surface area contributed by atoms with E-state index >= 15 is 0 Å². The summed E-state index contributed by atoms with van der Waals surface area (Å²) >= 11 is 0. The first kappa shape index (κ1) is 19.3. The highest BCUT2D eigenvalue weighted by Crippen LogP contribution is 2.29. The third kappa shape index (κ3) is 6.11. The summed E-state index contributed by atoms with van der Waals surface area (Å²) in [6.07, 6.45) is -4.87. The molecule has 0 heterocycles. The monoisotopic (exact) mass is 375 g/mol. The van der Waals surface area contributed by atoms with E-state index in [1.165, 1.54) is 36.4 Å². The van der Waals surface area contributed by atoms with Gasteiger partial charge in [-0.2, -0.15) is 8.78 Å². The van der Waals surface area contributed by atoms with Crippen LogP contribution in [-0.2, 0) is 6.54 Å².